The van der Waals surface area contributed by atoms with Crippen molar-refractivity contribution in [2.24, 2.45) is 0 Å². The Balaban J connectivity index is 1.68. The Morgan fingerprint density at radius 1 is 0.844 bits per heavy atom. The Hall–Kier alpha value is -3.73. The van der Waals surface area contributed by atoms with E-state index in [4.69, 9.17) is 4.98 Å². The van der Waals surface area contributed by atoms with E-state index in [1.165, 1.54) is 5.56 Å². The van der Waals surface area contributed by atoms with Crippen LogP contribution >= 0.6 is 0 Å². The van der Waals surface area contributed by atoms with Crippen LogP contribution in [0.5, 0.6) is 0 Å². The molecule has 1 aromatic heterocycles. The van der Waals surface area contributed by atoms with Gasteiger partial charge in [0.25, 0.3) is 5.56 Å². The molecule has 0 unspecified atom stereocenters. The van der Waals surface area contributed by atoms with E-state index in [9.17, 15) is 9.59 Å². The van der Waals surface area contributed by atoms with Gasteiger partial charge >= 0.3 is 0 Å². The van der Waals surface area contributed by atoms with Crippen LogP contribution < -0.4 is 5.56 Å². The molecule has 2 atom stereocenters. The molecule has 3 aromatic carbocycles. The number of carbonyl (C=O) groups is 1. The van der Waals surface area contributed by atoms with Crippen molar-refractivity contribution >= 4 is 16.8 Å². The third kappa shape index (κ3) is 3.50. The second-order valence-electron chi connectivity index (χ2n) is 8.50. The molecule has 0 aliphatic carbocycles. The molecule has 0 spiro atoms. The average molecular weight is 424 g/mol. The summed E-state index contributed by atoms with van der Waals surface area (Å²) >= 11 is 0. The summed E-state index contributed by atoms with van der Waals surface area (Å²) in [4.78, 5) is 33.8. The van der Waals surface area contributed by atoms with Crippen molar-refractivity contribution < 1.29 is 4.79 Å². The summed E-state index contributed by atoms with van der Waals surface area (Å²) in [7, 11) is 0. The third-order valence-corrected chi connectivity index (χ3v) is 6.28. The summed E-state index contributed by atoms with van der Waals surface area (Å²) in [6.45, 7) is 4.33. The number of amides is 1. The molecule has 1 aliphatic rings. The van der Waals surface area contributed by atoms with Crippen molar-refractivity contribution in [2.75, 3.05) is 0 Å². The number of para-hydroxylation sites is 1. The summed E-state index contributed by atoms with van der Waals surface area (Å²) in [6.07, 6.45) is 0.594. The number of aryl methyl sites for hydroxylation is 1. The van der Waals surface area contributed by atoms with Crippen LogP contribution in [0, 0.1) is 6.92 Å². The SMILES string of the molecule is Cc1ccc(C[C@H]2c3nc4ccccc4c(=O)n3[C@H](C)C(=O)N2Cc2ccccc2)cc1. The number of carbonyl (C=O) groups excluding carboxylic acids is 1. The lowest BCUT2D eigenvalue weighted by molar-refractivity contribution is -0.140. The molecule has 5 heteroatoms. The molecule has 160 valence electrons. The van der Waals surface area contributed by atoms with E-state index in [1.807, 2.05) is 53.4 Å². The minimum atomic E-state index is -0.604. The Morgan fingerprint density at radius 2 is 1.53 bits per heavy atom. The van der Waals surface area contributed by atoms with Crippen LogP contribution in [0.15, 0.2) is 83.7 Å². The third-order valence-electron chi connectivity index (χ3n) is 6.28. The van der Waals surface area contributed by atoms with Gasteiger partial charge in [0.05, 0.1) is 16.9 Å². The summed E-state index contributed by atoms with van der Waals surface area (Å²) < 4.78 is 1.60. The molecule has 0 saturated heterocycles. The number of benzene rings is 3. The van der Waals surface area contributed by atoms with E-state index < -0.39 is 6.04 Å². The minimum Gasteiger partial charge on any atom is -0.326 e. The smallest absolute Gasteiger partial charge is 0.262 e. The molecule has 5 rings (SSSR count). The number of aromatic nitrogens is 2. The maximum Gasteiger partial charge on any atom is 0.262 e. The van der Waals surface area contributed by atoms with E-state index >= 15 is 0 Å². The molecule has 1 amide bonds. The van der Waals surface area contributed by atoms with Gasteiger partial charge in [-0.2, -0.15) is 0 Å². The summed E-state index contributed by atoms with van der Waals surface area (Å²) in [5, 5.41) is 0.543. The molecular weight excluding hydrogens is 398 g/mol. The zero-order valence-electron chi connectivity index (χ0n) is 18.2. The van der Waals surface area contributed by atoms with Crippen LogP contribution in [0.25, 0.3) is 10.9 Å². The highest BCUT2D eigenvalue weighted by atomic mass is 16.2. The molecule has 0 fully saturated rings. The molecule has 1 aliphatic heterocycles. The monoisotopic (exact) mass is 423 g/mol. The van der Waals surface area contributed by atoms with Gasteiger partial charge in [-0.05, 0) is 37.1 Å². The van der Waals surface area contributed by atoms with E-state index in [-0.39, 0.29) is 17.5 Å². The van der Waals surface area contributed by atoms with Gasteiger partial charge in [0, 0.05) is 13.0 Å². The first-order chi connectivity index (χ1) is 15.5. The topological polar surface area (TPSA) is 55.2 Å². The van der Waals surface area contributed by atoms with Crippen molar-refractivity contribution in [3.05, 3.63) is 112 Å². The van der Waals surface area contributed by atoms with Gasteiger partial charge in [-0.1, -0.05) is 72.3 Å². The first-order valence-corrected chi connectivity index (χ1v) is 10.9. The second kappa shape index (κ2) is 8.08. The lowest BCUT2D eigenvalue weighted by Gasteiger charge is -2.40. The van der Waals surface area contributed by atoms with Crippen molar-refractivity contribution in [1.82, 2.24) is 14.5 Å². The highest BCUT2D eigenvalue weighted by Gasteiger charge is 2.39. The zero-order valence-corrected chi connectivity index (χ0v) is 18.2. The van der Waals surface area contributed by atoms with Gasteiger partial charge in [0.2, 0.25) is 5.91 Å². The molecule has 0 radical (unpaired) electrons. The zero-order chi connectivity index (χ0) is 22.2. The summed E-state index contributed by atoms with van der Waals surface area (Å²) in [5.41, 5.74) is 3.86. The minimum absolute atomic E-state index is 0.0577. The van der Waals surface area contributed by atoms with Gasteiger partial charge in [0.1, 0.15) is 11.9 Å². The molecular formula is C27H25N3O2. The Morgan fingerprint density at radius 3 is 2.28 bits per heavy atom. The summed E-state index contributed by atoms with van der Waals surface area (Å²) in [5.74, 6) is 0.593. The molecule has 0 saturated carbocycles. The average Bonchev–Trinajstić information content (AvgIpc) is 2.81. The number of rotatable bonds is 4. The maximum atomic E-state index is 13.6. The predicted octanol–water partition coefficient (Wildman–Crippen LogP) is 4.59. The summed E-state index contributed by atoms with van der Waals surface area (Å²) in [6, 6.07) is 24.7. The van der Waals surface area contributed by atoms with Gasteiger partial charge in [-0.3, -0.25) is 14.2 Å². The van der Waals surface area contributed by atoms with Crippen LogP contribution in [0.2, 0.25) is 0 Å². The van der Waals surface area contributed by atoms with Crippen molar-refractivity contribution in [2.45, 2.75) is 38.9 Å². The Bertz CT molecular complexity index is 1340. The lowest BCUT2D eigenvalue weighted by Crippen LogP contribution is -2.49. The standard InChI is InChI=1S/C27H25N3O2/c1-18-12-14-20(15-13-18)16-24-25-28-23-11-7-6-10-22(23)27(32)30(25)19(2)26(31)29(24)17-21-8-4-3-5-9-21/h3-15,19,24H,16-17H2,1-2H3/t19-,24+/m1/s1. The van der Waals surface area contributed by atoms with E-state index in [2.05, 4.69) is 31.2 Å². The molecule has 0 bridgehead atoms. The molecule has 32 heavy (non-hydrogen) atoms. The molecule has 2 heterocycles. The largest absolute Gasteiger partial charge is 0.326 e. The quantitative estimate of drug-likeness (QED) is 0.482. The van der Waals surface area contributed by atoms with Gasteiger partial charge in [-0.25, -0.2) is 4.98 Å². The van der Waals surface area contributed by atoms with Crippen LogP contribution in [-0.2, 0) is 17.8 Å². The fourth-order valence-electron chi connectivity index (χ4n) is 4.53. The van der Waals surface area contributed by atoms with Crippen molar-refractivity contribution in [3.8, 4) is 0 Å². The molecule has 0 N–H and O–H groups in total. The Kier molecular flexibility index (Phi) is 5.10. The first-order valence-electron chi connectivity index (χ1n) is 10.9. The first kappa shape index (κ1) is 20.2. The van der Waals surface area contributed by atoms with E-state index in [0.29, 0.717) is 29.7 Å². The van der Waals surface area contributed by atoms with Crippen molar-refractivity contribution in [1.29, 1.82) is 0 Å². The fraction of sp³-hybridized carbons (Fsp3) is 0.222. The van der Waals surface area contributed by atoms with Crippen LogP contribution in [0.3, 0.4) is 0 Å². The molecule has 5 nitrogen and oxygen atoms in total. The number of nitrogens with zero attached hydrogens (tertiary/aromatic N) is 3. The van der Waals surface area contributed by atoms with Crippen LogP contribution in [0.1, 0.15) is 41.5 Å². The van der Waals surface area contributed by atoms with Gasteiger partial charge in [0.15, 0.2) is 0 Å². The maximum absolute atomic E-state index is 13.6. The molecule has 4 aromatic rings. The normalized spacial score (nSPS) is 18.1. The van der Waals surface area contributed by atoms with E-state index in [1.54, 1.807) is 17.6 Å². The van der Waals surface area contributed by atoms with Crippen molar-refractivity contribution in [3.63, 3.8) is 0 Å². The highest BCUT2D eigenvalue weighted by Crippen LogP contribution is 2.34. The highest BCUT2D eigenvalue weighted by molar-refractivity contribution is 5.83. The van der Waals surface area contributed by atoms with Crippen LogP contribution in [-0.4, -0.2) is 20.4 Å². The van der Waals surface area contributed by atoms with Gasteiger partial charge in [-0.15, -0.1) is 0 Å². The second-order valence-corrected chi connectivity index (χ2v) is 8.50. The number of hydrogen-bond acceptors (Lipinski definition) is 3. The number of hydrogen-bond donors (Lipinski definition) is 0. The predicted molar refractivity (Wildman–Crippen MR) is 125 cm³/mol. The lowest BCUT2D eigenvalue weighted by atomic mass is 9.97. The Labute approximate surface area is 187 Å². The van der Waals surface area contributed by atoms with E-state index in [0.717, 1.165) is 11.1 Å². The van der Waals surface area contributed by atoms with Gasteiger partial charge < -0.3 is 4.90 Å². The number of fused-ring (bicyclic) bond motifs is 2. The van der Waals surface area contributed by atoms with Crippen LogP contribution in [0.4, 0.5) is 0 Å². The fourth-order valence-corrected chi connectivity index (χ4v) is 4.53.